The van der Waals surface area contributed by atoms with E-state index in [-0.39, 0.29) is 5.91 Å². The predicted octanol–water partition coefficient (Wildman–Crippen LogP) is 2.60. The monoisotopic (exact) mass is 235 g/mol. The standard InChI is InChI=1S/C14H21NO2/c1-5-12(14(16)15-6-2)17-13-9-7-8-10(3)11(13)4/h7-9,12H,5-6H2,1-4H3,(H,15,16)/t12-/m1/s1. The Morgan fingerprint density at radius 3 is 2.65 bits per heavy atom. The van der Waals surface area contributed by atoms with Crippen molar-refractivity contribution in [2.24, 2.45) is 0 Å². The van der Waals surface area contributed by atoms with Gasteiger partial charge in [-0.05, 0) is 44.4 Å². The summed E-state index contributed by atoms with van der Waals surface area (Å²) in [4.78, 5) is 11.7. The van der Waals surface area contributed by atoms with E-state index < -0.39 is 6.10 Å². The van der Waals surface area contributed by atoms with Gasteiger partial charge in [-0.1, -0.05) is 19.1 Å². The molecule has 0 aliphatic rings. The van der Waals surface area contributed by atoms with Crippen molar-refractivity contribution >= 4 is 5.91 Å². The van der Waals surface area contributed by atoms with Crippen LogP contribution in [-0.2, 0) is 4.79 Å². The number of hydrogen-bond acceptors (Lipinski definition) is 2. The highest BCUT2D eigenvalue weighted by Gasteiger charge is 2.18. The van der Waals surface area contributed by atoms with Gasteiger partial charge in [0.05, 0.1) is 0 Å². The molecular weight excluding hydrogens is 214 g/mol. The topological polar surface area (TPSA) is 38.3 Å². The summed E-state index contributed by atoms with van der Waals surface area (Å²) in [6.07, 6.45) is 0.259. The minimum absolute atomic E-state index is 0.0455. The van der Waals surface area contributed by atoms with E-state index in [0.717, 1.165) is 11.3 Å². The van der Waals surface area contributed by atoms with Gasteiger partial charge in [-0.2, -0.15) is 0 Å². The molecule has 1 aromatic carbocycles. The summed E-state index contributed by atoms with van der Waals surface area (Å²) in [6.45, 7) is 8.53. The fourth-order valence-corrected chi connectivity index (χ4v) is 1.62. The molecule has 0 saturated carbocycles. The van der Waals surface area contributed by atoms with Crippen molar-refractivity contribution < 1.29 is 9.53 Å². The van der Waals surface area contributed by atoms with Crippen LogP contribution in [0.3, 0.4) is 0 Å². The van der Waals surface area contributed by atoms with Crippen LogP contribution in [-0.4, -0.2) is 18.6 Å². The molecule has 0 bridgehead atoms. The second kappa shape index (κ2) is 6.28. The third-order valence-corrected chi connectivity index (χ3v) is 2.84. The average molecular weight is 235 g/mol. The van der Waals surface area contributed by atoms with Gasteiger partial charge in [0.15, 0.2) is 6.10 Å². The lowest BCUT2D eigenvalue weighted by Crippen LogP contribution is -2.37. The zero-order valence-corrected chi connectivity index (χ0v) is 11.0. The third kappa shape index (κ3) is 3.48. The lowest BCUT2D eigenvalue weighted by atomic mass is 10.1. The molecule has 94 valence electrons. The highest BCUT2D eigenvalue weighted by molar-refractivity contribution is 5.81. The van der Waals surface area contributed by atoms with Crippen molar-refractivity contribution in [3.8, 4) is 5.75 Å². The number of carbonyl (C=O) groups excluding carboxylic acids is 1. The number of hydrogen-bond donors (Lipinski definition) is 1. The van der Waals surface area contributed by atoms with Crippen LogP contribution in [0.1, 0.15) is 31.4 Å². The summed E-state index contributed by atoms with van der Waals surface area (Å²) in [7, 11) is 0. The first kappa shape index (κ1) is 13.6. The molecule has 0 saturated heterocycles. The van der Waals surface area contributed by atoms with Crippen LogP contribution in [0.5, 0.6) is 5.75 Å². The van der Waals surface area contributed by atoms with Crippen molar-refractivity contribution in [2.45, 2.75) is 40.2 Å². The number of amides is 1. The largest absolute Gasteiger partial charge is 0.480 e. The molecule has 1 amide bonds. The highest BCUT2D eigenvalue weighted by atomic mass is 16.5. The number of carbonyl (C=O) groups is 1. The summed E-state index contributed by atoms with van der Waals surface area (Å²) in [6, 6.07) is 5.89. The third-order valence-electron chi connectivity index (χ3n) is 2.84. The second-order valence-corrected chi connectivity index (χ2v) is 4.11. The molecule has 0 heterocycles. The Kier molecular flexibility index (Phi) is 5.01. The minimum atomic E-state index is -0.407. The van der Waals surface area contributed by atoms with Crippen LogP contribution in [0.2, 0.25) is 0 Å². The quantitative estimate of drug-likeness (QED) is 0.852. The Hall–Kier alpha value is -1.51. The van der Waals surface area contributed by atoms with Gasteiger partial charge in [0, 0.05) is 6.54 Å². The summed E-state index contributed by atoms with van der Waals surface area (Å²) in [5, 5.41) is 2.79. The Morgan fingerprint density at radius 1 is 1.35 bits per heavy atom. The first-order valence-corrected chi connectivity index (χ1v) is 6.10. The molecule has 0 aliphatic carbocycles. The number of rotatable bonds is 5. The molecule has 0 radical (unpaired) electrons. The smallest absolute Gasteiger partial charge is 0.261 e. The number of likely N-dealkylation sites (N-methyl/N-ethyl adjacent to an activating group) is 1. The Balaban J connectivity index is 2.80. The van der Waals surface area contributed by atoms with Crippen LogP contribution in [0.4, 0.5) is 0 Å². The molecule has 3 heteroatoms. The lowest BCUT2D eigenvalue weighted by Gasteiger charge is -2.18. The van der Waals surface area contributed by atoms with E-state index in [0.29, 0.717) is 13.0 Å². The Bertz CT molecular complexity index is 388. The fraction of sp³-hybridized carbons (Fsp3) is 0.500. The molecule has 1 rings (SSSR count). The number of ether oxygens (including phenoxy) is 1. The van der Waals surface area contributed by atoms with Crippen molar-refractivity contribution in [2.75, 3.05) is 6.54 Å². The molecular formula is C14H21NO2. The van der Waals surface area contributed by atoms with Gasteiger partial charge in [-0.3, -0.25) is 4.79 Å². The van der Waals surface area contributed by atoms with Crippen molar-refractivity contribution in [1.29, 1.82) is 0 Å². The summed E-state index contributed by atoms with van der Waals surface area (Å²) in [5.41, 5.74) is 2.27. The van der Waals surface area contributed by atoms with Crippen LogP contribution in [0.15, 0.2) is 18.2 Å². The van der Waals surface area contributed by atoms with E-state index in [1.54, 1.807) is 0 Å². The summed E-state index contributed by atoms with van der Waals surface area (Å²) < 4.78 is 5.78. The van der Waals surface area contributed by atoms with Crippen LogP contribution >= 0.6 is 0 Å². The maximum Gasteiger partial charge on any atom is 0.261 e. The van der Waals surface area contributed by atoms with E-state index >= 15 is 0 Å². The molecule has 1 atom stereocenters. The zero-order valence-electron chi connectivity index (χ0n) is 11.0. The van der Waals surface area contributed by atoms with Gasteiger partial charge in [0.2, 0.25) is 0 Å². The highest BCUT2D eigenvalue weighted by Crippen LogP contribution is 2.22. The second-order valence-electron chi connectivity index (χ2n) is 4.11. The molecule has 0 unspecified atom stereocenters. The maximum absolute atomic E-state index is 11.7. The van der Waals surface area contributed by atoms with Gasteiger partial charge in [0.25, 0.3) is 5.91 Å². The van der Waals surface area contributed by atoms with Crippen molar-refractivity contribution in [1.82, 2.24) is 5.32 Å². The molecule has 0 spiro atoms. The molecule has 0 aliphatic heterocycles. The molecule has 17 heavy (non-hydrogen) atoms. The Labute approximate surface area is 103 Å². The molecule has 0 fully saturated rings. The van der Waals surface area contributed by atoms with E-state index in [4.69, 9.17) is 4.74 Å². The first-order chi connectivity index (χ1) is 8.10. The minimum Gasteiger partial charge on any atom is -0.480 e. The number of benzene rings is 1. The van der Waals surface area contributed by atoms with Crippen LogP contribution in [0, 0.1) is 13.8 Å². The SMILES string of the molecule is CCNC(=O)[C@@H](CC)Oc1cccc(C)c1C. The number of aryl methyl sites for hydroxylation is 1. The predicted molar refractivity (Wildman–Crippen MR) is 69.3 cm³/mol. The molecule has 0 aromatic heterocycles. The molecule has 1 aromatic rings. The maximum atomic E-state index is 11.7. The fourth-order valence-electron chi connectivity index (χ4n) is 1.62. The van der Waals surface area contributed by atoms with Crippen LogP contribution in [0.25, 0.3) is 0 Å². The van der Waals surface area contributed by atoms with E-state index in [1.807, 2.05) is 45.9 Å². The van der Waals surface area contributed by atoms with Crippen molar-refractivity contribution in [3.05, 3.63) is 29.3 Å². The summed E-state index contributed by atoms with van der Waals surface area (Å²) >= 11 is 0. The normalized spacial score (nSPS) is 12.0. The molecule has 1 N–H and O–H groups in total. The average Bonchev–Trinajstić information content (AvgIpc) is 2.31. The first-order valence-electron chi connectivity index (χ1n) is 6.10. The van der Waals surface area contributed by atoms with E-state index in [9.17, 15) is 4.79 Å². The van der Waals surface area contributed by atoms with Gasteiger partial charge < -0.3 is 10.1 Å². The summed E-state index contributed by atoms with van der Waals surface area (Å²) in [5.74, 6) is 0.749. The van der Waals surface area contributed by atoms with Gasteiger partial charge >= 0.3 is 0 Å². The number of nitrogens with one attached hydrogen (secondary N) is 1. The lowest BCUT2D eigenvalue weighted by molar-refractivity contribution is -0.128. The van der Waals surface area contributed by atoms with Gasteiger partial charge in [0.1, 0.15) is 5.75 Å². The zero-order chi connectivity index (χ0) is 12.8. The molecule has 3 nitrogen and oxygen atoms in total. The van der Waals surface area contributed by atoms with Gasteiger partial charge in [-0.15, -0.1) is 0 Å². The van der Waals surface area contributed by atoms with E-state index in [2.05, 4.69) is 5.32 Å². The van der Waals surface area contributed by atoms with E-state index in [1.165, 1.54) is 5.56 Å². The van der Waals surface area contributed by atoms with Gasteiger partial charge in [-0.25, -0.2) is 0 Å². The van der Waals surface area contributed by atoms with Crippen LogP contribution < -0.4 is 10.1 Å². The Morgan fingerprint density at radius 2 is 2.06 bits per heavy atom. The van der Waals surface area contributed by atoms with Crippen molar-refractivity contribution in [3.63, 3.8) is 0 Å².